The summed E-state index contributed by atoms with van der Waals surface area (Å²) in [4.78, 5) is 25.7. The van der Waals surface area contributed by atoms with Crippen LogP contribution < -0.4 is 5.32 Å². The Labute approximate surface area is 166 Å². The van der Waals surface area contributed by atoms with Crippen LogP contribution in [0.5, 0.6) is 0 Å². The van der Waals surface area contributed by atoms with E-state index < -0.39 is 10.0 Å². The van der Waals surface area contributed by atoms with E-state index in [2.05, 4.69) is 5.32 Å². The first-order valence-corrected chi connectivity index (χ1v) is 10.7. The summed E-state index contributed by atoms with van der Waals surface area (Å²) in [7, 11) is -2.13. The third kappa shape index (κ3) is 5.52. The first-order valence-electron chi connectivity index (χ1n) is 9.31. The van der Waals surface area contributed by atoms with Crippen molar-refractivity contribution in [1.29, 1.82) is 0 Å². The molecular formula is C19H29N3O5S. The lowest BCUT2D eigenvalue weighted by molar-refractivity contribution is -0.122. The van der Waals surface area contributed by atoms with Gasteiger partial charge in [0, 0.05) is 31.7 Å². The van der Waals surface area contributed by atoms with E-state index in [1.54, 1.807) is 0 Å². The first-order chi connectivity index (χ1) is 13.0. The summed E-state index contributed by atoms with van der Waals surface area (Å²) in [6.07, 6.45) is -0.352. The number of likely N-dealkylation sites (N-methyl/N-ethyl adjacent to an activating group) is 1. The molecule has 156 valence electrons. The average Bonchev–Trinajstić information content (AvgIpc) is 2.59. The van der Waals surface area contributed by atoms with Crippen LogP contribution in [0.15, 0.2) is 29.2 Å². The molecule has 0 unspecified atom stereocenters. The summed E-state index contributed by atoms with van der Waals surface area (Å²) in [5.41, 5.74) is 0.322. The molecule has 0 aromatic heterocycles. The van der Waals surface area contributed by atoms with E-state index in [9.17, 15) is 18.0 Å². The second-order valence-electron chi connectivity index (χ2n) is 7.49. The van der Waals surface area contributed by atoms with Crippen LogP contribution in [0.1, 0.15) is 38.1 Å². The number of sulfonamides is 1. The van der Waals surface area contributed by atoms with Gasteiger partial charge in [-0.25, -0.2) is 8.42 Å². The Bertz CT molecular complexity index is 797. The van der Waals surface area contributed by atoms with Crippen LogP contribution in [0.3, 0.4) is 0 Å². The van der Waals surface area contributed by atoms with Gasteiger partial charge in [-0.1, -0.05) is 0 Å². The van der Waals surface area contributed by atoms with Gasteiger partial charge in [-0.15, -0.1) is 0 Å². The largest absolute Gasteiger partial charge is 0.373 e. The zero-order valence-corrected chi connectivity index (χ0v) is 17.8. The lowest BCUT2D eigenvalue weighted by Crippen LogP contribution is -2.48. The van der Waals surface area contributed by atoms with Gasteiger partial charge in [-0.05, 0) is 52.0 Å². The number of nitrogens with one attached hydrogen (secondary N) is 1. The molecule has 2 atom stereocenters. The number of benzene rings is 1. The Morgan fingerprint density at radius 3 is 2.21 bits per heavy atom. The zero-order chi connectivity index (χ0) is 21.1. The molecule has 0 radical (unpaired) electrons. The van der Waals surface area contributed by atoms with Gasteiger partial charge in [0.1, 0.15) is 0 Å². The van der Waals surface area contributed by atoms with E-state index in [4.69, 9.17) is 4.74 Å². The Morgan fingerprint density at radius 2 is 1.71 bits per heavy atom. The highest BCUT2D eigenvalue weighted by molar-refractivity contribution is 7.89. The van der Waals surface area contributed by atoms with Gasteiger partial charge in [0.15, 0.2) is 0 Å². The Hall–Kier alpha value is -1.97. The Morgan fingerprint density at radius 1 is 1.18 bits per heavy atom. The lowest BCUT2D eigenvalue weighted by Gasteiger charge is -2.34. The molecule has 0 bridgehead atoms. The van der Waals surface area contributed by atoms with Crippen molar-refractivity contribution < 1.29 is 22.7 Å². The fourth-order valence-electron chi connectivity index (χ4n) is 3.12. The molecule has 0 spiro atoms. The summed E-state index contributed by atoms with van der Waals surface area (Å²) in [5, 5.41) is 2.72. The van der Waals surface area contributed by atoms with Crippen LogP contribution in [-0.4, -0.2) is 74.4 Å². The van der Waals surface area contributed by atoms with Gasteiger partial charge < -0.3 is 15.0 Å². The van der Waals surface area contributed by atoms with Crippen molar-refractivity contribution in [3.63, 3.8) is 0 Å². The molecule has 1 N–H and O–H groups in total. The first kappa shape index (κ1) is 22.3. The van der Waals surface area contributed by atoms with Gasteiger partial charge in [0.05, 0.1) is 23.6 Å². The number of carbonyl (C=O) groups excluding carboxylic acids is 2. The molecule has 1 aromatic carbocycles. The normalized spacial score (nSPS) is 20.8. The number of ether oxygens (including phenoxy) is 1. The van der Waals surface area contributed by atoms with E-state index in [1.807, 2.05) is 27.7 Å². The van der Waals surface area contributed by atoms with Crippen molar-refractivity contribution in [2.24, 2.45) is 0 Å². The number of hydrogen-bond donors (Lipinski definition) is 1. The lowest BCUT2D eigenvalue weighted by atomic mass is 10.2. The van der Waals surface area contributed by atoms with Crippen molar-refractivity contribution in [3.05, 3.63) is 29.8 Å². The molecule has 28 heavy (non-hydrogen) atoms. The highest BCUT2D eigenvalue weighted by atomic mass is 32.2. The summed E-state index contributed by atoms with van der Waals surface area (Å²) < 4.78 is 32.7. The van der Waals surface area contributed by atoms with Crippen LogP contribution in [0.25, 0.3) is 0 Å². The van der Waals surface area contributed by atoms with E-state index in [-0.39, 0.29) is 41.5 Å². The van der Waals surface area contributed by atoms with Crippen molar-refractivity contribution in [1.82, 2.24) is 14.5 Å². The predicted octanol–water partition coefficient (Wildman–Crippen LogP) is 1.08. The topological polar surface area (TPSA) is 96.0 Å². The summed E-state index contributed by atoms with van der Waals surface area (Å²) in [6.45, 7) is 7.88. The van der Waals surface area contributed by atoms with Crippen molar-refractivity contribution in [2.45, 2.75) is 50.8 Å². The van der Waals surface area contributed by atoms with Crippen molar-refractivity contribution in [3.8, 4) is 0 Å². The summed E-state index contributed by atoms with van der Waals surface area (Å²) in [6, 6.07) is 5.79. The molecule has 2 amide bonds. The molecule has 8 nitrogen and oxygen atoms in total. The van der Waals surface area contributed by atoms with Crippen LogP contribution in [0.2, 0.25) is 0 Å². The standard InChI is InChI=1S/C19H29N3O5S/c1-13(2)20-18(23)12-21(5)19(24)16-6-8-17(9-7-16)28(25,26)22-10-14(3)27-15(4)11-22/h6-9,13-15H,10-12H2,1-5H3,(H,20,23)/t14-,15-/m1/s1. The van der Waals surface area contributed by atoms with Crippen molar-refractivity contribution in [2.75, 3.05) is 26.7 Å². The summed E-state index contributed by atoms with van der Waals surface area (Å²) >= 11 is 0. The molecule has 1 aliphatic heterocycles. The number of carbonyl (C=O) groups is 2. The average molecular weight is 412 g/mol. The molecular weight excluding hydrogens is 382 g/mol. The fourth-order valence-corrected chi connectivity index (χ4v) is 4.71. The number of amides is 2. The molecule has 1 saturated heterocycles. The van der Waals surface area contributed by atoms with E-state index in [1.165, 1.54) is 40.5 Å². The monoisotopic (exact) mass is 411 g/mol. The number of rotatable bonds is 6. The van der Waals surface area contributed by atoms with Crippen LogP contribution in [0, 0.1) is 0 Å². The van der Waals surface area contributed by atoms with Crippen LogP contribution >= 0.6 is 0 Å². The van der Waals surface area contributed by atoms with Crippen molar-refractivity contribution >= 4 is 21.8 Å². The van der Waals surface area contributed by atoms with Gasteiger partial charge >= 0.3 is 0 Å². The van der Waals surface area contributed by atoms with Gasteiger partial charge in [0.2, 0.25) is 15.9 Å². The minimum atomic E-state index is -3.66. The number of nitrogens with zero attached hydrogens (tertiary/aromatic N) is 2. The second-order valence-corrected chi connectivity index (χ2v) is 9.43. The maximum absolute atomic E-state index is 12.9. The Kier molecular flexibility index (Phi) is 7.19. The maximum atomic E-state index is 12.9. The van der Waals surface area contributed by atoms with Gasteiger partial charge in [-0.3, -0.25) is 9.59 Å². The zero-order valence-electron chi connectivity index (χ0n) is 17.0. The fraction of sp³-hybridized carbons (Fsp3) is 0.579. The predicted molar refractivity (Wildman–Crippen MR) is 105 cm³/mol. The quantitative estimate of drug-likeness (QED) is 0.756. The van der Waals surface area contributed by atoms with E-state index in [0.29, 0.717) is 18.7 Å². The van der Waals surface area contributed by atoms with E-state index in [0.717, 1.165) is 0 Å². The molecule has 1 fully saturated rings. The highest BCUT2D eigenvalue weighted by Crippen LogP contribution is 2.21. The van der Waals surface area contributed by atoms with Crippen LogP contribution in [0.4, 0.5) is 0 Å². The highest BCUT2D eigenvalue weighted by Gasteiger charge is 2.32. The molecule has 0 saturated carbocycles. The van der Waals surface area contributed by atoms with Crippen LogP contribution in [-0.2, 0) is 19.6 Å². The smallest absolute Gasteiger partial charge is 0.254 e. The minimum absolute atomic E-state index is 0.00823. The third-order valence-electron chi connectivity index (χ3n) is 4.30. The molecule has 1 heterocycles. The molecule has 1 aromatic rings. The Balaban J connectivity index is 2.09. The molecule has 9 heteroatoms. The second kappa shape index (κ2) is 9.02. The minimum Gasteiger partial charge on any atom is -0.373 e. The van der Waals surface area contributed by atoms with Gasteiger partial charge in [-0.2, -0.15) is 4.31 Å². The number of hydrogen-bond acceptors (Lipinski definition) is 5. The summed E-state index contributed by atoms with van der Waals surface area (Å²) in [5.74, 6) is -0.600. The molecule has 1 aliphatic rings. The maximum Gasteiger partial charge on any atom is 0.254 e. The molecule has 0 aliphatic carbocycles. The van der Waals surface area contributed by atoms with Gasteiger partial charge in [0.25, 0.3) is 5.91 Å². The SMILES string of the molecule is CC(C)NC(=O)CN(C)C(=O)c1ccc(S(=O)(=O)N2C[C@@H](C)O[C@H](C)C2)cc1. The van der Waals surface area contributed by atoms with E-state index >= 15 is 0 Å². The molecule has 2 rings (SSSR count). The number of morpholine rings is 1. The third-order valence-corrected chi connectivity index (χ3v) is 6.15.